The van der Waals surface area contributed by atoms with E-state index in [1.54, 1.807) is 0 Å². The lowest BCUT2D eigenvalue weighted by Gasteiger charge is -2.15. The van der Waals surface area contributed by atoms with Crippen molar-refractivity contribution in [2.24, 2.45) is 0 Å². The fourth-order valence-corrected chi connectivity index (χ4v) is 9.39. The van der Waals surface area contributed by atoms with Crippen LogP contribution in [-0.2, 0) is 0 Å². The molecule has 13 aromatic rings. The first kappa shape index (κ1) is 30.6. The Morgan fingerprint density at radius 1 is 0.386 bits per heavy atom. The van der Waals surface area contributed by atoms with Gasteiger partial charge in [-0.1, -0.05) is 127 Å². The van der Waals surface area contributed by atoms with Crippen LogP contribution in [0, 0.1) is 0 Å². The van der Waals surface area contributed by atoms with Gasteiger partial charge in [0.25, 0.3) is 0 Å². The van der Waals surface area contributed by atoms with Crippen LogP contribution in [0.1, 0.15) is 0 Å². The second-order valence-electron chi connectivity index (χ2n) is 14.9. The number of hydrogen-bond acceptors (Lipinski definition) is 3. The molecule has 4 aromatic heterocycles. The topological polar surface area (TPSA) is 48.8 Å². The number of para-hydroxylation sites is 6. The zero-order chi connectivity index (χ0) is 37.2. The molecule has 5 nitrogen and oxygen atoms in total. The fourth-order valence-electron chi connectivity index (χ4n) is 9.39. The summed E-state index contributed by atoms with van der Waals surface area (Å²) in [4.78, 5) is 10.8. The fraction of sp³-hybridized carbons (Fsp3) is 0. The maximum absolute atomic E-state index is 6.61. The van der Waals surface area contributed by atoms with Crippen LogP contribution in [0.5, 0.6) is 0 Å². The molecule has 57 heavy (non-hydrogen) atoms. The van der Waals surface area contributed by atoms with E-state index < -0.39 is 0 Å². The molecule has 0 bridgehead atoms. The van der Waals surface area contributed by atoms with Gasteiger partial charge in [0.05, 0.1) is 38.8 Å². The lowest BCUT2D eigenvalue weighted by atomic mass is 10.0. The van der Waals surface area contributed by atoms with Crippen molar-refractivity contribution in [3.8, 4) is 22.8 Å². The van der Waals surface area contributed by atoms with Crippen molar-refractivity contribution < 1.29 is 4.42 Å². The molecule has 5 heteroatoms. The van der Waals surface area contributed by atoms with Gasteiger partial charge in [-0.05, 0) is 65.4 Å². The van der Waals surface area contributed by atoms with Gasteiger partial charge in [0.1, 0.15) is 16.9 Å². The van der Waals surface area contributed by atoms with Crippen LogP contribution in [-0.4, -0.2) is 19.1 Å². The molecule has 0 amide bonds. The number of rotatable bonds is 3. The van der Waals surface area contributed by atoms with E-state index in [0.29, 0.717) is 0 Å². The minimum absolute atomic E-state index is 0.761. The van der Waals surface area contributed by atoms with E-state index >= 15 is 0 Å². The van der Waals surface area contributed by atoms with E-state index in [4.69, 9.17) is 14.4 Å². The molecule has 0 radical (unpaired) electrons. The molecule has 0 aliphatic rings. The zero-order valence-electron chi connectivity index (χ0n) is 30.5. The van der Waals surface area contributed by atoms with E-state index in [-0.39, 0.29) is 0 Å². The van der Waals surface area contributed by atoms with Crippen LogP contribution in [0.2, 0.25) is 0 Å². The largest absolute Gasteiger partial charge is 0.455 e. The van der Waals surface area contributed by atoms with Gasteiger partial charge in [-0.2, -0.15) is 0 Å². The quantitative estimate of drug-likeness (QED) is 0.182. The summed E-state index contributed by atoms with van der Waals surface area (Å²) < 4.78 is 11.4. The van der Waals surface area contributed by atoms with E-state index in [1.807, 2.05) is 36.4 Å². The molecule has 0 atom stereocenters. The predicted molar refractivity (Wildman–Crippen MR) is 236 cm³/mol. The average Bonchev–Trinajstić information content (AvgIpc) is 3.93. The summed E-state index contributed by atoms with van der Waals surface area (Å²) >= 11 is 0. The number of fused-ring (bicyclic) bond motifs is 13. The van der Waals surface area contributed by atoms with E-state index in [9.17, 15) is 0 Å². The molecule has 0 fully saturated rings. The Labute approximate surface area is 325 Å². The van der Waals surface area contributed by atoms with Gasteiger partial charge in [0.2, 0.25) is 0 Å². The number of aromatic nitrogens is 4. The summed E-state index contributed by atoms with van der Waals surface area (Å²) in [6.07, 6.45) is 0. The Morgan fingerprint density at radius 3 is 1.89 bits per heavy atom. The Bertz CT molecular complexity index is 3830. The minimum Gasteiger partial charge on any atom is -0.455 e. The van der Waals surface area contributed by atoms with Gasteiger partial charge in [-0.15, -0.1) is 0 Å². The standard InChI is InChI=1S/C52H30N4O/c1-2-15-33-31(13-1)27-28-37-34-16-3-8-23-44(34)55(50(33)37)46-25-11-14-32-29-47-41(30-40(32)46)35-17-4-9-24-45(35)56(47)52-49(53-42-21-6-7-22-43(42)54-52)39-20-12-19-38-36-18-5-10-26-48(36)57-51(38)39/h1-30H. The second-order valence-corrected chi connectivity index (χ2v) is 14.9. The van der Waals surface area contributed by atoms with Crippen molar-refractivity contribution >= 4 is 98.1 Å². The molecule has 0 unspecified atom stereocenters. The minimum atomic E-state index is 0.761. The molecule has 0 N–H and O–H groups in total. The Hall–Kier alpha value is -7.76. The summed E-state index contributed by atoms with van der Waals surface area (Å²) in [6, 6.07) is 64.8. The van der Waals surface area contributed by atoms with Crippen molar-refractivity contribution in [1.82, 2.24) is 19.1 Å². The van der Waals surface area contributed by atoms with E-state index in [0.717, 1.165) is 82.9 Å². The predicted octanol–water partition coefficient (Wildman–Crippen LogP) is 13.7. The van der Waals surface area contributed by atoms with Crippen molar-refractivity contribution in [3.05, 3.63) is 182 Å². The molecule has 0 aliphatic heterocycles. The van der Waals surface area contributed by atoms with Crippen LogP contribution in [0.3, 0.4) is 0 Å². The van der Waals surface area contributed by atoms with Gasteiger partial charge < -0.3 is 8.98 Å². The lowest BCUT2D eigenvalue weighted by molar-refractivity contribution is 0.669. The first-order valence-corrected chi connectivity index (χ1v) is 19.3. The number of furan rings is 1. The maximum atomic E-state index is 6.61. The van der Waals surface area contributed by atoms with E-state index in [2.05, 4.69) is 155 Å². The van der Waals surface area contributed by atoms with Gasteiger partial charge in [-0.25, -0.2) is 9.97 Å². The molecular formula is C52H30N4O. The van der Waals surface area contributed by atoms with Gasteiger partial charge in [-0.3, -0.25) is 4.57 Å². The van der Waals surface area contributed by atoms with Crippen LogP contribution >= 0.6 is 0 Å². The number of nitrogens with zero attached hydrogens (tertiary/aromatic N) is 4. The first-order valence-electron chi connectivity index (χ1n) is 19.3. The third-order valence-electron chi connectivity index (χ3n) is 11.9. The smallest absolute Gasteiger partial charge is 0.165 e. The molecule has 0 saturated carbocycles. The second kappa shape index (κ2) is 11.4. The van der Waals surface area contributed by atoms with Crippen LogP contribution < -0.4 is 0 Å². The average molecular weight is 727 g/mol. The number of benzene rings is 9. The van der Waals surface area contributed by atoms with Crippen molar-refractivity contribution in [3.63, 3.8) is 0 Å². The van der Waals surface area contributed by atoms with Gasteiger partial charge >= 0.3 is 0 Å². The Balaban J connectivity index is 1.14. The molecule has 0 aliphatic carbocycles. The molecular weight excluding hydrogens is 697 g/mol. The van der Waals surface area contributed by atoms with Gasteiger partial charge in [0.15, 0.2) is 5.82 Å². The highest BCUT2D eigenvalue weighted by atomic mass is 16.3. The highest BCUT2D eigenvalue weighted by Crippen LogP contribution is 2.43. The van der Waals surface area contributed by atoms with Crippen molar-refractivity contribution in [1.29, 1.82) is 0 Å². The van der Waals surface area contributed by atoms with E-state index in [1.165, 1.54) is 38.0 Å². The highest BCUT2D eigenvalue weighted by Gasteiger charge is 2.24. The third-order valence-corrected chi connectivity index (χ3v) is 11.9. The summed E-state index contributed by atoms with van der Waals surface area (Å²) in [5.74, 6) is 0.761. The SMILES string of the molecule is c1cc(-n2c3ccccc3c3ccc4ccccc4c32)c2cc3c4ccccc4n(-c4nc5ccccc5nc4-c4cccc5c4oc4ccccc45)c3cc2c1. The Kier molecular flexibility index (Phi) is 6.10. The van der Waals surface area contributed by atoms with Crippen LogP contribution in [0.15, 0.2) is 186 Å². The summed E-state index contributed by atoms with van der Waals surface area (Å²) in [7, 11) is 0. The molecule has 0 saturated heterocycles. The van der Waals surface area contributed by atoms with Gasteiger partial charge in [0, 0.05) is 48.7 Å². The van der Waals surface area contributed by atoms with Crippen LogP contribution in [0.4, 0.5) is 0 Å². The molecule has 9 aromatic carbocycles. The molecule has 264 valence electrons. The monoisotopic (exact) mass is 726 g/mol. The Morgan fingerprint density at radius 2 is 1.04 bits per heavy atom. The summed E-state index contributed by atoms with van der Waals surface area (Å²) in [5, 5.41) is 11.7. The lowest BCUT2D eigenvalue weighted by Crippen LogP contribution is -2.04. The van der Waals surface area contributed by atoms with Crippen molar-refractivity contribution in [2.45, 2.75) is 0 Å². The molecule has 13 rings (SSSR count). The molecule has 0 spiro atoms. The zero-order valence-corrected chi connectivity index (χ0v) is 30.5. The van der Waals surface area contributed by atoms with Crippen LogP contribution in [0.25, 0.3) is 121 Å². The van der Waals surface area contributed by atoms with Crippen molar-refractivity contribution in [2.75, 3.05) is 0 Å². The summed E-state index contributed by atoms with van der Waals surface area (Å²) in [6.45, 7) is 0. The summed E-state index contributed by atoms with van der Waals surface area (Å²) in [5.41, 5.74) is 10.7. The maximum Gasteiger partial charge on any atom is 0.165 e. The first-order chi connectivity index (χ1) is 28.3. The highest BCUT2D eigenvalue weighted by molar-refractivity contribution is 6.21. The number of hydrogen-bond donors (Lipinski definition) is 0. The normalized spacial score (nSPS) is 12.2. The third kappa shape index (κ3) is 4.23. The molecule has 4 heterocycles.